The van der Waals surface area contributed by atoms with Crippen LogP contribution in [0.1, 0.15) is 39.0 Å². The van der Waals surface area contributed by atoms with Crippen molar-refractivity contribution in [1.29, 1.82) is 0 Å². The van der Waals surface area contributed by atoms with Crippen molar-refractivity contribution < 1.29 is 4.74 Å². The Labute approximate surface area is 122 Å². The highest BCUT2D eigenvalue weighted by atomic mass is 35.5. The Kier molecular flexibility index (Phi) is 9.48. The molecule has 4 heteroatoms. The average molecular weight is 296 g/mol. The van der Waals surface area contributed by atoms with Crippen molar-refractivity contribution in [2.45, 2.75) is 45.1 Å². The van der Waals surface area contributed by atoms with Crippen LogP contribution in [0.3, 0.4) is 0 Å². The number of hydrogen-bond donors (Lipinski definition) is 0. The van der Waals surface area contributed by atoms with Gasteiger partial charge in [0.05, 0.1) is 13.2 Å². The van der Waals surface area contributed by atoms with Crippen molar-refractivity contribution in [3.8, 4) is 0 Å². The van der Waals surface area contributed by atoms with Gasteiger partial charge in [0, 0.05) is 30.9 Å². The highest BCUT2D eigenvalue weighted by molar-refractivity contribution is 6.25. The Bertz CT molecular complexity index is 172. The Morgan fingerprint density at radius 1 is 1.06 bits per heavy atom. The second-order valence-electron chi connectivity index (χ2n) is 5.16. The van der Waals surface area contributed by atoms with E-state index in [4.69, 9.17) is 27.9 Å². The molecule has 0 N–H and O–H groups in total. The molecule has 2 rings (SSSR count). The summed E-state index contributed by atoms with van der Waals surface area (Å²) < 4.78 is 5.40. The van der Waals surface area contributed by atoms with Crippen molar-refractivity contribution in [2.75, 3.05) is 38.1 Å². The summed E-state index contributed by atoms with van der Waals surface area (Å²) >= 11 is 10.1. The quantitative estimate of drug-likeness (QED) is 0.735. The first-order valence-corrected chi connectivity index (χ1v) is 8.30. The van der Waals surface area contributed by atoms with Crippen LogP contribution >= 0.6 is 23.2 Å². The molecule has 2 fully saturated rings. The first-order chi connectivity index (χ1) is 8.79. The maximum absolute atomic E-state index is 5.40. The van der Waals surface area contributed by atoms with E-state index in [0.717, 1.165) is 38.3 Å². The van der Waals surface area contributed by atoms with Gasteiger partial charge in [0.25, 0.3) is 0 Å². The van der Waals surface area contributed by atoms with Gasteiger partial charge in [-0.05, 0) is 25.7 Å². The molecule has 108 valence electrons. The van der Waals surface area contributed by atoms with Gasteiger partial charge in [0.2, 0.25) is 0 Å². The summed E-state index contributed by atoms with van der Waals surface area (Å²) in [6.07, 6.45) is 7.29. The lowest BCUT2D eigenvalue weighted by atomic mass is 9.84. The van der Waals surface area contributed by atoms with Crippen LogP contribution in [-0.4, -0.2) is 49.0 Å². The molecule has 0 aromatic rings. The van der Waals surface area contributed by atoms with Crippen LogP contribution in [0, 0.1) is 5.92 Å². The molecule has 2 nitrogen and oxygen atoms in total. The second-order valence-corrected chi connectivity index (χ2v) is 5.92. The van der Waals surface area contributed by atoms with E-state index in [1.165, 1.54) is 32.1 Å². The predicted molar refractivity (Wildman–Crippen MR) is 79.9 cm³/mol. The molecule has 1 aliphatic carbocycles. The number of alkyl halides is 2. The average Bonchev–Trinajstić information content (AvgIpc) is 2.48. The molecule has 1 saturated carbocycles. The fraction of sp³-hybridized carbons (Fsp3) is 1.00. The van der Waals surface area contributed by atoms with Gasteiger partial charge in [-0.1, -0.05) is 19.3 Å². The van der Waals surface area contributed by atoms with E-state index in [1.54, 1.807) is 0 Å². The zero-order chi connectivity index (χ0) is 13.2. The van der Waals surface area contributed by atoms with Crippen LogP contribution in [0.25, 0.3) is 0 Å². The van der Waals surface area contributed by atoms with Crippen LogP contribution < -0.4 is 0 Å². The van der Waals surface area contributed by atoms with Crippen LogP contribution in [-0.2, 0) is 4.74 Å². The molecule has 1 atom stereocenters. The molecule has 0 aromatic carbocycles. The summed E-state index contributed by atoms with van der Waals surface area (Å²) in [7, 11) is 0. The Morgan fingerprint density at radius 3 is 2.11 bits per heavy atom. The van der Waals surface area contributed by atoms with E-state index in [1.807, 2.05) is 0 Å². The van der Waals surface area contributed by atoms with Gasteiger partial charge in [0.15, 0.2) is 0 Å². The van der Waals surface area contributed by atoms with Crippen molar-refractivity contribution in [2.24, 2.45) is 5.92 Å². The standard InChI is InChI=1S/C12H23NO.C2H4Cl2/c1-11(12-5-3-2-4-6-12)13-7-9-14-10-8-13;3-1-2-4/h11-12H,2-10H2,1H3;1-2H2. The van der Waals surface area contributed by atoms with Crippen LogP contribution in [0.15, 0.2) is 0 Å². The number of hydrogen-bond acceptors (Lipinski definition) is 2. The lowest BCUT2D eigenvalue weighted by molar-refractivity contribution is 0.00289. The van der Waals surface area contributed by atoms with Crippen LogP contribution in [0.5, 0.6) is 0 Å². The van der Waals surface area contributed by atoms with Crippen molar-refractivity contribution in [3.05, 3.63) is 0 Å². The molecule has 2 aliphatic rings. The Balaban J connectivity index is 0.000000357. The highest BCUT2D eigenvalue weighted by Gasteiger charge is 2.25. The maximum atomic E-state index is 5.40. The first kappa shape index (κ1) is 16.6. The number of morpholine rings is 1. The summed E-state index contributed by atoms with van der Waals surface area (Å²) in [6, 6.07) is 0.791. The molecule has 0 bridgehead atoms. The fourth-order valence-electron chi connectivity index (χ4n) is 2.90. The van der Waals surface area contributed by atoms with Crippen molar-refractivity contribution >= 4 is 23.2 Å². The molecular weight excluding hydrogens is 269 g/mol. The van der Waals surface area contributed by atoms with E-state index in [9.17, 15) is 0 Å². The minimum absolute atomic E-state index is 0.557. The van der Waals surface area contributed by atoms with Gasteiger partial charge in [-0.15, -0.1) is 23.2 Å². The van der Waals surface area contributed by atoms with Gasteiger partial charge >= 0.3 is 0 Å². The summed E-state index contributed by atoms with van der Waals surface area (Å²) in [6.45, 7) is 6.60. The lowest BCUT2D eigenvalue weighted by Gasteiger charge is -2.38. The number of nitrogens with zero attached hydrogens (tertiary/aromatic N) is 1. The molecule has 0 amide bonds. The van der Waals surface area contributed by atoms with Crippen molar-refractivity contribution in [3.63, 3.8) is 0 Å². The molecule has 1 unspecified atom stereocenters. The van der Waals surface area contributed by atoms with Gasteiger partial charge in [-0.2, -0.15) is 0 Å². The third kappa shape index (κ3) is 6.10. The molecule has 18 heavy (non-hydrogen) atoms. The van der Waals surface area contributed by atoms with Crippen molar-refractivity contribution in [1.82, 2.24) is 4.90 Å². The molecule has 0 spiro atoms. The predicted octanol–water partition coefficient (Wildman–Crippen LogP) is 3.75. The molecule has 1 saturated heterocycles. The van der Waals surface area contributed by atoms with E-state index in [2.05, 4.69) is 11.8 Å². The zero-order valence-corrected chi connectivity index (χ0v) is 13.1. The summed E-state index contributed by atoms with van der Waals surface area (Å²) in [5, 5.41) is 0. The van der Waals surface area contributed by atoms with Gasteiger partial charge < -0.3 is 4.74 Å². The van der Waals surface area contributed by atoms with E-state index in [-0.39, 0.29) is 0 Å². The number of ether oxygens (including phenoxy) is 1. The SMILES string of the molecule is CC(C1CCCCC1)N1CCOCC1.ClCCCl. The molecule has 1 aliphatic heterocycles. The minimum atomic E-state index is 0.557. The smallest absolute Gasteiger partial charge is 0.0594 e. The summed E-state index contributed by atoms with van der Waals surface area (Å²) in [5.74, 6) is 2.07. The largest absolute Gasteiger partial charge is 0.379 e. The van der Waals surface area contributed by atoms with Gasteiger partial charge in [-0.25, -0.2) is 0 Å². The van der Waals surface area contributed by atoms with E-state index in [0.29, 0.717) is 11.8 Å². The highest BCUT2D eigenvalue weighted by Crippen LogP contribution is 2.29. The monoisotopic (exact) mass is 295 g/mol. The second kappa shape index (κ2) is 10.3. The summed E-state index contributed by atoms with van der Waals surface area (Å²) in [5.41, 5.74) is 0. The molecular formula is C14H27Cl2NO. The third-order valence-electron chi connectivity index (χ3n) is 4.03. The zero-order valence-electron chi connectivity index (χ0n) is 11.5. The van der Waals surface area contributed by atoms with E-state index >= 15 is 0 Å². The fourth-order valence-corrected chi connectivity index (χ4v) is 2.90. The first-order valence-electron chi connectivity index (χ1n) is 7.23. The summed E-state index contributed by atoms with van der Waals surface area (Å²) in [4.78, 5) is 2.62. The van der Waals surface area contributed by atoms with Gasteiger partial charge in [-0.3, -0.25) is 4.90 Å². The Morgan fingerprint density at radius 2 is 1.61 bits per heavy atom. The lowest BCUT2D eigenvalue weighted by Crippen LogP contribution is -2.45. The third-order valence-corrected chi connectivity index (χ3v) is 4.60. The van der Waals surface area contributed by atoms with E-state index < -0.39 is 0 Å². The van der Waals surface area contributed by atoms with Crippen LogP contribution in [0.4, 0.5) is 0 Å². The molecule has 0 radical (unpaired) electrons. The number of halogens is 2. The topological polar surface area (TPSA) is 12.5 Å². The molecule has 1 heterocycles. The van der Waals surface area contributed by atoms with Gasteiger partial charge in [0.1, 0.15) is 0 Å². The minimum Gasteiger partial charge on any atom is -0.379 e. The molecule has 0 aromatic heterocycles. The maximum Gasteiger partial charge on any atom is 0.0594 e. The normalized spacial score (nSPS) is 24.2. The Hall–Kier alpha value is 0.500. The van der Waals surface area contributed by atoms with Crippen LogP contribution in [0.2, 0.25) is 0 Å². The number of rotatable bonds is 3.